The van der Waals surface area contributed by atoms with E-state index in [1.165, 1.54) is 11.1 Å². The molecule has 0 bridgehead atoms. The van der Waals surface area contributed by atoms with Gasteiger partial charge in [0.25, 0.3) is 0 Å². The minimum Gasteiger partial charge on any atom is -0.376 e. The van der Waals surface area contributed by atoms with Crippen molar-refractivity contribution in [2.24, 2.45) is 0 Å². The average molecular weight is 331 g/mol. The molecule has 0 amide bonds. The van der Waals surface area contributed by atoms with Crippen molar-refractivity contribution in [2.45, 2.75) is 63.1 Å². The molecule has 1 unspecified atom stereocenters. The van der Waals surface area contributed by atoms with Crippen LogP contribution in [0.1, 0.15) is 49.6 Å². The molecular weight excluding hydrogens is 306 g/mol. The molecule has 1 fully saturated rings. The molecule has 2 heterocycles. The van der Waals surface area contributed by atoms with Crippen molar-refractivity contribution in [3.63, 3.8) is 0 Å². The van der Waals surface area contributed by atoms with Crippen molar-refractivity contribution in [3.05, 3.63) is 41.2 Å². The lowest BCUT2D eigenvalue weighted by Gasteiger charge is -2.16. The fraction of sp³-hybridized carbons (Fsp3) is 0.556. The van der Waals surface area contributed by atoms with Crippen molar-refractivity contribution in [3.8, 4) is 0 Å². The number of hydrogen-bond acceptors (Lipinski definition) is 4. The molecule has 3 rings (SSSR count). The highest BCUT2D eigenvalue weighted by Gasteiger charge is 2.22. The molecule has 0 N–H and O–H groups in total. The van der Waals surface area contributed by atoms with Gasteiger partial charge in [-0.1, -0.05) is 49.9 Å². The first-order chi connectivity index (χ1) is 11.1. The van der Waals surface area contributed by atoms with Crippen LogP contribution in [0, 0.1) is 6.92 Å². The minimum atomic E-state index is 0.307. The van der Waals surface area contributed by atoms with Crippen LogP contribution >= 0.6 is 11.8 Å². The maximum Gasteiger partial charge on any atom is 0.191 e. The van der Waals surface area contributed by atoms with E-state index in [0.717, 1.165) is 42.7 Å². The number of nitrogens with zero attached hydrogens (tertiary/aromatic N) is 3. The molecule has 4 nitrogen and oxygen atoms in total. The first-order valence-corrected chi connectivity index (χ1v) is 9.35. The van der Waals surface area contributed by atoms with Crippen LogP contribution in [-0.4, -0.2) is 27.5 Å². The monoisotopic (exact) mass is 331 g/mol. The molecule has 0 radical (unpaired) electrons. The fourth-order valence-electron chi connectivity index (χ4n) is 2.91. The maximum atomic E-state index is 5.81. The molecule has 0 spiro atoms. The average Bonchev–Trinajstić information content (AvgIpc) is 3.17. The van der Waals surface area contributed by atoms with Gasteiger partial charge in [-0.2, -0.15) is 0 Å². The smallest absolute Gasteiger partial charge is 0.191 e. The SMILES string of the molecule is Cc1ccccc1CSc1nnc(C(C)C)n1CC1CCCO1. The van der Waals surface area contributed by atoms with Crippen LogP contribution in [0.3, 0.4) is 0 Å². The molecule has 23 heavy (non-hydrogen) atoms. The van der Waals surface area contributed by atoms with Gasteiger partial charge in [-0.3, -0.25) is 0 Å². The van der Waals surface area contributed by atoms with E-state index in [1.807, 2.05) is 0 Å². The third-order valence-electron chi connectivity index (χ3n) is 4.29. The quantitative estimate of drug-likeness (QED) is 0.745. The number of ether oxygens (including phenoxy) is 1. The number of aryl methyl sites for hydroxylation is 1. The Bertz CT molecular complexity index is 647. The predicted molar refractivity (Wildman–Crippen MR) is 93.8 cm³/mol. The summed E-state index contributed by atoms with van der Waals surface area (Å²) in [6.07, 6.45) is 2.61. The second-order valence-electron chi connectivity index (χ2n) is 6.46. The third kappa shape index (κ3) is 3.96. The van der Waals surface area contributed by atoms with E-state index in [9.17, 15) is 0 Å². The standard InChI is InChI=1S/C18H25N3OS/c1-13(2)17-19-20-18(21(17)11-16-9-6-10-22-16)23-12-15-8-5-4-7-14(15)3/h4-5,7-8,13,16H,6,9-12H2,1-3H3. The Kier molecular flexibility index (Phi) is 5.38. The normalized spacial score (nSPS) is 18.0. The molecule has 1 aliphatic rings. The lowest BCUT2D eigenvalue weighted by Crippen LogP contribution is -2.18. The summed E-state index contributed by atoms with van der Waals surface area (Å²) in [5.74, 6) is 2.36. The summed E-state index contributed by atoms with van der Waals surface area (Å²) in [7, 11) is 0. The molecular formula is C18H25N3OS. The molecule has 2 aromatic rings. The molecule has 5 heteroatoms. The zero-order valence-electron chi connectivity index (χ0n) is 14.2. The first-order valence-electron chi connectivity index (χ1n) is 8.37. The highest BCUT2D eigenvalue weighted by atomic mass is 32.2. The lowest BCUT2D eigenvalue weighted by molar-refractivity contribution is 0.0940. The van der Waals surface area contributed by atoms with Gasteiger partial charge in [0.2, 0.25) is 0 Å². The van der Waals surface area contributed by atoms with Gasteiger partial charge in [-0.25, -0.2) is 0 Å². The zero-order chi connectivity index (χ0) is 16.2. The van der Waals surface area contributed by atoms with E-state index in [-0.39, 0.29) is 0 Å². The fourth-order valence-corrected chi connectivity index (χ4v) is 3.94. The van der Waals surface area contributed by atoms with Crippen LogP contribution in [0.15, 0.2) is 29.4 Å². The second-order valence-corrected chi connectivity index (χ2v) is 7.40. The van der Waals surface area contributed by atoms with Gasteiger partial charge in [0.05, 0.1) is 12.6 Å². The molecule has 1 aromatic carbocycles. The molecule has 1 atom stereocenters. The summed E-state index contributed by atoms with van der Waals surface area (Å²) in [5, 5.41) is 9.88. The van der Waals surface area contributed by atoms with E-state index >= 15 is 0 Å². The highest BCUT2D eigenvalue weighted by Crippen LogP contribution is 2.27. The van der Waals surface area contributed by atoms with E-state index in [1.54, 1.807) is 11.8 Å². The number of rotatable bonds is 6. The topological polar surface area (TPSA) is 39.9 Å². The highest BCUT2D eigenvalue weighted by molar-refractivity contribution is 7.98. The van der Waals surface area contributed by atoms with Crippen molar-refractivity contribution in [2.75, 3.05) is 6.61 Å². The Labute approximate surface area is 142 Å². The van der Waals surface area contributed by atoms with Crippen molar-refractivity contribution >= 4 is 11.8 Å². The van der Waals surface area contributed by atoms with Crippen LogP contribution < -0.4 is 0 Å². The van der Waals surface area contributed by atoms with Crippen LogP contribution in [0.4, 0.5) is 0 Å². The third-order valence-corrected chi connectivity index (χ3v) is 5.31. The number of aromatic nitrogens is 3. The van der Waals surface area contributed by atoms with E-state index in [2.05, 4.69) is 59.8 Å². The van der Waals surface area contributed by atoms with Crippen LogP contribution in [0.5, 0.6) is 0 Å². The van der Waals surface area contributed by atoms with Gasteiger partial charge in [-0.05, 0) is 30.9 Å². The Balaban J connectivity index is 1.76. The molecule has 1 aromatic heterocycles. The van der Waals surface area contributed by atoms with Crippen molar-refractivity contribution < 1.29 is 4.74 Å². The van der Waals surface area contributed by atoms with Crippen LogP contribution in [0.2, 0.25) is 0 Å². The summed E-state index contributed by atoms with van der Waals surface area (Å²) < 4.78 is 8.08. The van der Waals surface area contributed by atoms with Crippen LogP contribution in [0.25, 0.3) is 0 Å². The first kappa shape index (κ1) is 16.5. The Hall–Kier alpha value is -1.33. The largest absolute Gasteiger partial charge is 0.376 e. The molecule has 1 saturated heterocycles. The second kappa shape index (κ2) is 7.49. The van der Waals surface area contributed by atoms with Crippen molar-refractivity contribution in [1.29, 1.82) is 0 Å². The summed E-state index contributed by atoms with van der Waals surface area (Å²) >= 11 is 1.77. The van der Waals surface area contributed by atoms with Gasteiger partial charge in [0.15, 0.2) is 5.16 Å². The van der Waals surface area contributed by atoms with Gasteiger partial charge in [0.1, 0.15) is 5.82 Å². The van der Waals surface area contributed by atoms with Gasteiger partial charge >= 0.3 is 0 Å². The predicted octanol–water partition coefficient (Wildman–Crippen LogP) is 4.18. The van der Waals surface area contributed by atoms with E-state index < -0.39 is 0 Å². The van der Waals surface area contributed by atoms with Crippen LogP contribution in [-0.2, 0) is 17.0 Å². The van der Waals surface area contributed by atoms with Crippen molar-refractivity contribution in [1.82, 2.24) is 14.8 Å². The Morgan fingerprint density at radius 2 is 2.13 bits per heavy atom. The lowest BCUT2D eigenvalue weighted by atomic mass is 10.1. The number of benzene rings is 1. The molecule has 1 aliphatic heterocycles. The molecule has 0 aliphatic carbocycles. The maximum absolute atomic E-state index is 5.81. The number of thioether (sulfide) groups is 1. The molecule has 124 valence electrons. The number of hydrogen-bond donors (Lipinski definition) is 0. The molecule has 0 saturated carbocycles. The van der Waals surface area contributed by atoms with E-state index in [0.29, 0.717) is 12.0 Å². The summed E-state index contributed by atoms with van der Waals surface area (Å²) in [4.78, 5) is 0. The summed E-state index contributed by atoms with van der Waals surface area (Å²) in [6, 6.07) is 8.53. The van der Waals surface area contributed by atoms with Gasteiger partial charge in [0, 0.05) is 18.3 Å². The van der Waals surface area contributed by atoms with Gasteiger partial charge in [-0.15, -0.1) is 10.2 Å². The van der Waals surface area contributed by atoms with Gasteiger partial charge < -0.3 is 9.30 Å². The Morgan fingerprint density at radius 1 is 1.30 bits per heavy atom. The van der Waals surface area contributed by atoms with E-state index in [4.69, 9.17) is 4.74 Å². The zero-order valence-corrected chi connectivity index (χ0v) is 15.0. The summed E-state index contributed by atoms with van der Waals surface area (Å²) in [6.45, 7) is 8.26. The minimum absolute atomic E-state index is 0.307. The summed E-state index contributed by atoms with van der Waals surface area (Å²) in [5.41, 5.74) is 2.68. The Morgan fingerprint density at radius 3 is 2.83 bits per heavy atom.